The maximum absolute atomic E-state index is 5.60. The lowest BCUT2D eigenvalue weighted by Crippen LogP contribution is -2.36. The summed E-state index contributed by atoms with van der Waals surface area (Å²) in [5.74, 6) is 0.967. The van der Waals surface area contributed by atoms with Gasteiger partial charge in [-0.05, 0) is 38.3 Å². The largest absolute Gasteiger partial charge is 0.380 e. The quantitative estimate of drug-likeness (QED) is 0.728. The molecule has 0 radical (unpaired) electrons. The molecule has 1 aliphatic heterocycles. The molecule has 0 amide bonds. The molecule has 1 heterocycles. The van der Waals surface area contributed by atoms with Crippen molar-refractivity contribution in [3.05, 3.63) is 0 Å². The zero-order valence-corrected chi connectivity index (χ0v) is 10.2. The lowest BCUT2D eigenvalue weighted by Gasteiger charge is -2.32. The van der Waals surface area contributed by atoms with E-state index in [9.17, 15) is 0 Å². The van der Waals surface area contributed by atoms with Crippen LogP contribution in [0.4, 0.5) is 0 Å². The average molecular weight is 214 g/mol. The van der Waals surface area contributed by atoms with Crippen LogP contribution in [0.15, 0.2) is 0 Å². The van der Waals surface area contributed by atoms with Crippen molar-refractivity contribution in [1.29, 1.82) is 0 Å². The highest BCUT2D eigenvalue weighted by Crippen LogP contribution is 2.20. The van der Waals surface area contributed by atoms with E-state index in [2.05, 4.69) is 11.8 Å². The standard InChI is InChI=1S/C12H26N2O/c1-3-11-4-7-14(8-5-11)9-6-12(10-13)15-2/h11-12H,3-10,13H2,1-2H3. The van der Waals surface area contributed by atoms with Gasteiger partial charge in [-0.2, -0.15) is 0 Å². The van der Waals surface area contributed by atoms with E-state index >= 15 is 0 Å². The zero-order chi connectivity index (χ0) is 11.1. The van der Waals surface area contributed by atoms with Gasteiger partial charge in [-0.3, -0.25) is 0 Å². The van der Waals surface area contributed by atoms with Crippen LogP contribution in [0.3, 0.4) is 0 Å². The van der Waals surface area contributed by atoms with E-state index in [1.54, 1.807) is 7.11 Å². The second-order valence-electron chi connectivity index (χ2n) is 4.58. The summed E-state index contributed by atoms with van der Waals surface area (Å²) in [5.41, 5.74) is 5.60. The first-order valence-electron chi connectivity index (χ1n) is 6.25. The Morgan fingerprint density at radius 2 is 2.07 bits per heavy atom. The first-order valence-corrected chi connectivity index (χ1v) is 6.25. The molecule has 0 aromatic heterocycles. The third-order valence-electron chi connectivity index (χ3n) is 3.65. The lowest BCUT2D eigenvalue weighted by atomic mass is 9.94. The van der Waals surface area contributed by atoms with Gasteiger partial charge in [0.05, 0.1) is 6.10 Å². The first-order chi connectivity index (χ1) is 7.30. The molecule has 15 heavy (non-hydrogen) atoms. The normalized spacial score (nSPS) is 21.8. The molecule has 3 heteroatoms. The predicted molar refractivity (Wildman–Crippen MR) is 63.9 cm³/mol. The van der Waals surface area contributed by atoms with Crippen LogP contribution in [0.1, 0.15) is 32.6 Å². The minimum Gasteiger partial charge on any atom is -0.380 e. The minimum absolute atomic E-state index is 0.244. The zero-order valence-electron chi connectivity index (χ0n) is 10.2. The topological polar surface area (TPSA) is 38.5 Å². The SMILES string of the molecule is CCC1CCN(CCC(CN)OC)CC1. The molecular weight excluding hydrogens is 188 g/mol. The van der Waals surface area contributed by atoms with E-state index in [-0.39, 0.29) is 6.10 Å². The van der Waals surface area contributed by atoms with Crippen molar-refractivity contribution in [3.63, 3.8) is 0 Å². The van der Waals surface area contributed by atoms with E-state index in [4.69, 9.17) is 10.5 Å². The van der Waals surface area contributed by atoms with Crippen LogP contribution < -0.4 is 5.73 Å². The van der Waals surface area contributed by atoms with Crippen LogP contribution in [-0.4, -0.2) is 44.3 Å². The number of ether oxygens (including phenoxy) is 1. The van der Waals surface area contributed by atoms with Crippen molar-refractivity contribution in [2.75, 3.05) is 33.3 Å². The van der Waals surface area contributed by atoms with Gasteiger partial charge in [0.25, 0.3) is 0 Å². The summed E-state index contributed by atoms with van der Waals surface area (Å²) in [5, 5.41) is 0. The lowest BCUT2D eigenvalue weighted by molar-refractivity contribution is 0.0822. The fraction of sp³-hybridized carbons (Fsp3) is 1.00. The smallest absolute Gasteiger partial charge is 0.0705 e. The molecule has 2 N–H and O–H groups in total. The van der Waals surface area contributed by atoms with Crippen LogP contribution >= 0.6 is 0 Å². The molecule has 0 bridgehead atoms. The maximum Gasteiger partial charge on any atom is 0.0705 e. The molecular formula is C12H26N2O. The van der Waals surface area contributed by atoms with Gasteiger partial charge in [0, 0.05) is 20.2 Å². The summed E-state index contributed by atoms with van der Waals surface area (Å²) >= 11 is 0. The van der Waals surface area contributed by atoms with Gasteiger partial charge in [-0.1, -0.05) is 13.3 Å². The van der Waals surface area contributed by atoms with Gasteiger partial charge in [-0.15, -0.1) is 0 Å². The van der Waals surface area contributed by atoms with Gasteiger partial charge in [0.15, 0.2) is 0 Å². The predicted octanol–water partition coefficient (Wildman–Crippen LogP) is 1.47. The van der Waals surface area contributed by atoms with Crippen molar-refractivity contribution in [2.24, 2.45) is 11.7 Å². The molecule has 1 saturated heterocycles. The van der Waals surface area contributed by atoms with E-state index < -0.39 is 0 Å². The van der Waals surface area contributed by atoms with E-state index in [0.29, 0.717) is 6.54 Å². The Balaban J connectivity index is 2.12. The summed E-state index contributed by atoms with van der Waals surface area (Å²) < 4.78 is 5.28. The Labute approximate surface area is 94.0 Å². The fourth-order valence-electron chi connectivity index (χ4n) is 2.28. The summed E-state index contributed by atoms with van der Waals surface area (Å²) in [7, 11) is 1.75. The molecule has 0 aliphatic carbocycles. The van der Waals surface area contributed by atoms with Crippen molar-refractivity contribution in [2.45, 2.75) is 38.7 Å². The molecule has 0 aromatic rings. The Morgan fingerprint density at radius 3 is 2.53 bits per heavy atom. The second-order valence-corrected chi connectivity index (χ2v) is 4.58. The van der Waals surface area contributed by atoms with E-state index in [1.165, 1.54) is 32.4 Å². The van der Waals surface area contributed by atoms with Crippen LogP contribution in [-0.2, 0) is 4.74 Å². The van der Waals surface area contributed by atoms with Crippen molar-refractivity contribution in [3.8, 4) is 0 Å². The van der Waals surface area contributed by atoms with Crippen LogP contribution in [0.25, 0.3) is 0 Å². The number of nitrogens with two attached hydrogens (primary N) is 1. The summed E-state index contributed by atoms with van der Waals surface area (Å²) in [4.78, 5) is 2.55. The Bertz CT molecular complexity index is 152. The molecule has 0 saturated carbocycles. The van der Waals surface area contributed by atoms with Crippen LogP contribution in [0.2, 0.25) is 0 Å². The molecule has 1 fully saturated rings. The highest BCUT2D eigenvalue weighted by Gasteiger charge is 2.18. The Hall–Kier alpha value is -0.120. The molecule has 1 rings (SSSR count). The van der Waals surface area contributed by atoms with Gasteiger partial charge in [0.2, 0.25) is 0 Å². The van der Waals surface area contributed by atoms with Crippen molar-refractivity contribution < 1.29 is 4.74 Å². The summed E-state index contributed by atoms with van der Waals surface area (Å²) in [6, 6.07) is 0. The summed E-state index contributed by atoms with van der Waals surface area (Å²) in [6.45, 7) is 6.61. The van der Waals surface area contributed by atoms with Crippen molar-refractivity contribution >= 4 is 0 Å². The highest BCUT2D eigenvalue weighted by atomic mass is 16.5. The van der Waals surface area contributed by atoms with E-state index in [0.717, 1.165) is 18.9 Å². The van der Waals surface area contributed by atoms with Gasteiger partial charge in [-0.25, -0.2) is 0 Å². The number of likely N-dealkylation sites (tertiary alicyclic amines) is 1. The number of hydrogen-bond donors (Lipinski definition) is 1. The molecule has 0 aromatic carbocycles. The number of piperidine rings is 1. The second kappa shape index (κ2) is 7.20. The number of rotatable bonds is 6. The summed E-state index contributed by atoms with van der Waals surface area (Å²) in [6.07, 6.45) is 5.41. The average Bonchev–Trinajstić information content (AvgIpc) is 2.31. The Kier molecular flexibility index (Phi) is 6.22. The van der Waals surface area contributed by atoms with Gasteiger partial charge >= 0.3 is 0 Å². The number of nitrogens with zero attached hydrogens (tertiary/aromatic N) is 1. The highest BCUT2D eigenvalue weighted by molar-refractivity contribution is 4.72. The Morgan fingerprint density at radius 1 is 1.40 bits per heavy atom. The third kappa shape index (κ3) is 4.49. The van der Waals surface area contributed by atoms with Crippen molar-refractivity contribution in [1.82, 2.24) is 4.90 Å². The molecule has 1 atom stereocenters. The molecule has 1 aliphatic rings. The van der Waals surface area contributed by atoms with Gasteiger partial charge in [0.1, 0.15) is 0 Å². The molecule has 0 spiro atoms. The monoisotopic (exact) mass is 214 g/mol. The van der Waals surface area contributed by atoms with Gasteiger partial charge < -0.3 is 15.4 Å². The third-order valence-corrected chi connectivity index (χ3v) is 3.65. The molecule has 3 nitrogen and oxygen atoms in total. The molecule has 90 valence electrons. The minimum atomic E-state index is 0.244. The van der Waals surface area contributed by atoms with Crippen LogP contribution in [0.5, 0.6) is 0 Å². The molecule has 1 unspecified atom stereocenters. The number of hydrogen-bond acceptors (Lipinski definition) is 3. The number of methoxy groups -OCH3 is 1. The fourth-order valence-corrected chi connectivity index (χ4v) is 2.28. The first kappa shape index (κ1) is 12.9. The van der Waals surface area contributed by atoms with Crippen LogP contribution in [0, 0.1) is 5.92 Å². The van der Waals surface area contributed by atoms with E-state index in [1.807, 2.05) is 0 Å². The maximum atomic E-state index is 5.60.